The van der Waals surface area contributed by atoms with Gasteiger partial charge in [-0.1, -0.05) is 83.6 Å². The van der Waals surface area contributed by atoms with E-state index in [4.69, 9.17) is 23.7 Å². The predicted molar refractivity (Wildman–Crippen MR) is 274 cm³/mol. The van der Waals surface area contributed by atoms with Gasteiger partial charge in [-0.2, -0.15) is 0 Å². The lowest BCUT2D eigenvalue weighted by molar-refractivity contribution is -0.265. The maximum absolute atomic E-state index is 14.6. The number of piperidine rings is 1. The van der Waals surface area contributed by atoms with E-state index < -0.39 is 59.6 Å². The standard InChI is InChI=1S/C57H92N2O12/c1-10-46-52(61)41(6)32-37(2)16-12-11-13-17-39(4)48(58-26-29-68-30-27-58)36-45-22-20-43(8)57(66,71-45)54(63)55(64)59-25-15-14-18-47(59)56(65)70-49(23-19-38(3)33-42(7)53(46)62)40(5)34-44-21-24-50(69-31-28-60)51(35-44)67-9/h11-13,16-17,33,37-38,40-41,43-51,53,60,62,66H,10,14-15,18-32,34-36H2,1-9H3/b13-11+,16-12+,39-17+,42-33+. The number of allylic oxidation sites excluding steroid dienone is 6. The molecule has 15 unspecified atom stereocenters. The maximum atomic E-state index is 14.6. The topological polar surface area (TPSA) is 182 Å². The molecule has 5 aliphatic rings. The quantitative estimate of drug-likeness (QED) is 0.116. The molecule has 71 heavy (non-hydrogen) atoms. The zero-order valence-corrected chi connectivity index (χ0v) is 44.8. The normalized spacial score (nSPS) is 39.5. The first-order chi connectivity index (χ1) is 33.9. The maximum Gasteiger partial charge on any atom is 0.329 e. The molecule has 402 valence electrons. The van der Waals surface area contributed by atoms with Crippen molar-refractivity contribution in [1.82, 2.24) is 9.80 Å². The van der Waals surface area contributed by atoms with Crippen molar-refractivity contribution in [2.45, 2.75) is 194 Å². The first-order valence-electron chi connectivity index (χ1n) is 27.4. The van der Waals surface area contributed by atoms with Crippen LogP contribution >= 0.6 is 0 Å². The molecule has 4 fully saturated rings. The van der Waals surface area contributed by atoms with Crippen molar-refractivity contribution in [1.29, 1.82) is 0 Å². The van der Waals surface area contributed by atoms with Crippen LogP contribution in [0.25, 0.3) is 0 Å². The molecule has 0 spiro atoms. The molecule has 1 aliphatic carbocycles. The van der Waals surface area contributed by atoms with Crippen LogP contribution in [0, 0.1) is 41.4 Å². The number of Topliss-reactive ketones (excluding diaryl/α,β-unsaturated/α-hetero) is 2. The first kappa shape index (κ1) is 58.8. The molecule has 14 heteroatoms. The zero-order chi connectivity index (χ0) is 51.8. The SMILES string of the molecule is CCC1C(=O)C(C)CC(C)/C=C/C=C/C=C(\C)C(N2CCOCC2)CC2CCC(C)C(O)(O2)C(=O)C(=O)N2CCCCC2C(=O)OC(C(C)CC2CCC(OCCO)C(OC)C2)CCC(C)/C=C(\C)C1O. The van der Waals surface area contributed by atoms with Crippen molar-refractivity contribution in [3.8, 4) is 0 Å². The largest absolute Gasteiger partial charge is 0.461 e. The average molecular weight is 997 g/mol. The number of ketones is 2. The van der Waals surface area contributed by atoms with Gasteiger partial charge in [0.1, 0.15) is 17.9 Å². The Morgan fingerprint density at radius 2 is 1.58 bits per heavy atom. The third-order valence-electron chi connectivity index (χ3n) is 16.5. The van der Waals surface area contributed by atoms with E-state index in [1.165, 1.54) is 4.90 Å². The van der Waals surface area contributed by atoms with Gasteiger partial charge < -0.3 is 43.9 Å². The Labute approximate surface area is 426 Å². The number of carbonyl (C=O) groups excluding carboxylic acids is 4. The number of nitrogens with zero attached hydrogens (tertiary/aromatic N) is 2. The lowest BCUT2D eigenvalue weighted by atomic mass is 9.78. The van der Waals surface area contributed by atoms with Crippen LogP contribution in [0.4, 0.5) is 0 Å². The van der Waals surface area contributed by atoms with Crippen molar-refractivity contribution in [3.63, 3.8) is 0 Å². The van der Waals surface area contributed by atoms with Crippen LogP contribution in [-0.4, -0.2) is 150 Å². The third-order valence-corrected chi connectivity index (χ3v) is 16.5. The minimum Gasteiger partial charge on any atom is -0.461 e. The lowest BCUT2D eigenvalue weighted by Crippen LogP contribution is -2.61. The van der Waals surface area contributed by atoms with Gasteiger partial charge in [-0.15, -0.1) is 0 Å². The Bertz CT molecular complexity index is 1840. The zero-order valence-electron chi connectivity index (χ0n) is 44.8. The highest BCUT2D eigenvalue weighted by Gasteiger charge is 2.53. The molecule has 4 heterocycles. The van der Waals surface area contributed by atoms with E-state index in [1.54, 1.807) is 14.0 Å². The molecule has 14 nitrogen and oxygen atoms in total. The van der Waals surface area contributed by atoms with E-state index in [1.807, 2.05) is 45.1 Å². The summed E-state index contributed by atoms with van der Waals surface area (Å²) in [6, 6.07) is -1.09. The Hall–Kier alpha value is -3.08. The molecular weight excluding hydrogens is 905 g/mol. The van der Waals surface area contributed by atoms with Crippen LogP contribution in [0.15, 0.2) is 47.6 Å². The summed E-state index contributed by atoms with van der Waals surface area (Å²) in [4.78, 5) is 61.2. The molecule has 1 amide bonds. The molecule has 0 aromatic carbocycles. The van der Waals surface area contributed by atoms with Gasteiger partial charge >= 0.3 is 5.97 Å². The van der Waals surface area contributed by atoms with Gasteiger partial charge in [0.25, 0.3) is 11.7 Å². The number of hydrogen-bond acceptors (Lipinski definition) is 13. The minimum atomic E-state index is -2.37. The molecule has 0 aromatic heterocycles. The molecular formula is C57H92N2O12. The van der Waals surface area contributed by atoms with Crippen molar-refractivity contribution >= 4 is 23.4 Å². The van der Waals surface area contributed by atoms with E-state index in [2.05, 4.69) is 44.7 Å². The molecule has 3 saturated heterocycles. The average Bonchev–Trinajstić information content (AvgIpc) is 3.36. The number of cyclic esters (lactones) is 1. The fraction of sp³-hybridized carbons (Fsp3) is 0.789. The molecule has 0 radical (unpaired) electrons. The number of aliphatic hydroxyl groups excluding tert-OH is 2. The van der Waals surface area contributed by atoms with Crippen LogP contribution in [0.3, 0.4) is 0 Å². The van der Waals surface area contributed by atoms with Crippen LogP contribution in [-0.2, 0) is 42.9 Å². The highest BCUT2D eigenvalue weighted by molar-refractivity contribution is 6.39. The number of esters is 1. The summed E-state index contributed by atoms with van der Waals surface area (Å²) in [5, 5.41) is 33.3. The van der Waals surface area contributed by atoms with E-state index in [0.29, 0.717) is 90.5 Å². The van der Waals surface area contributed by atoms with Crippen molar-refractivity contribution in [3.05, 3.63) is 47.6 Å². The summed E-state index contributed by atoms with van der Waals surface area (Å²) >= 11 is 0. The Morgan fingerprint density at radius 3 is 2.28 bits per heavy atom. The van der Waals surface area contributed by atoms with E-state index in [0.717, 1.165) is 36.8 Å². The fourth-order valence-electron chi connectivity index (χ4n) is 12.1. The van der Waals surface area contributed by atoms with Gasteiger partial charge in [0.15, 0.2) is 0 Å². The van der Waals surface area contributed by atoms with Gasteiger partial charge in [0.2, 0.25) is 5.79 Å². The number of rotatable bonds is 9. The number of aliphatic hydroxyl groups is 3. The molecule has 2 bridgehead atoms. The number of fused-ring (bicyclic) bond motifs is 3. The monoisotopic (exact) mass is 997 g/mol. The highest BCUT2D eigenvalue weighted by atomic mass is 16.6. The Kier molecular flexibility index (Phi) is 23.6. The first-order valence-corrected chi connectivity index (χ1v) is 27.4. The number of carbonyl (C=O) groups is 4. The molecule has 5 rings (SSSR count). The molecule has 3 N–H and O–H groups in total. The predicted octanol–water partition coefficient (Wildman–Crippen LogP) is 7.72. The smallest absolute Gasteiger partial charge is 0.329 e. The Morgan fingerprint density at radius 1 is 0.831 bits per heavy atom. The van der Waals surface area contributed by atoms with Crippen molar-refractivity contribution < 1.29 is 58.2 Å². The second-order valence-electron chi connectivity index (χ2n) is 22.0. The summed E-state index contributed by atoms with van der Waals surface area (Å²) in [5.74, 6) is -5.99. The van der Waals surface area contributed by atoms with Gasteiger partial charge in [-0.05, 0) is 133 Å². The molecule has 1 saturated carbocycles. The van der Waals surface area contributed by atoms with Gasteiger partial charge in [0, 0.05) is 50.5 Å². The number of amides is 1. The van der Waals surface area contributed by atoms with Gasteiger partial charge in [0.05, 0.1) is 50.8 Å². The fourth-order valence-corrected chi connectivity index (χ4v) is 12.1. The second-order valence-corrected chi connectivity index (χ2v) is 22.0. The van der Waals surface area contributed by atoms with Crippen molar-refractivity contribution in [2.75, 3.05) is 53.2 Å². The molecule has 15 atom stereocenters. The Balaban J connectivity index is 1.46. The summed E-state index contributed by atoms with van der Waals surface area (Å²) < 4.78 is 30.4. The summed E-state index contributed by atoms with van der Waals surface area (Å²) in [6.45, 7) is 18.9. The number of methoxy groups -OCH3 is 1. The van der Waals surface area contributed by atoms with E-state index in [-0.39, 0.29) is 73.4 Å². The van der Waals surface area contributed by atoms with Crippen LogP contribution in [0.2, 0.25) is 0 Å². The van der Waals surface area contributed by atoms with Gasteiger partial charge in [-0.25, -0.2) is 4.79 Å². The number of morpholine rings is 1. The van der Waals surface area contributed by atoms with Crippen molar-refractivity contribution in [2.24, 2.45) is 41.4 Å². The van der Waals surface area contributed by atoms with Crippen LogP contribution < -0.4 is 0 Å². The summed E-state index contributed by atoms with van der Waals surface area (Å²) in [7, 11) is 1.68. The summed E-state index contributed by atoms with van der Waals surface area (Å²) in [5.41, 5.74) is 1.82. The molecule has 0 aromatic rings. The summed E-state index contributed by atoms with van der Waals surface area (Å²) in [6.07, 6.45) is 18.7. The van der Waals surface area contributed by atoms with Crippen LogP contribution in [0.1, 0.15) is 145 Å². The highest BCUT2D eigenvalue weighted by Crippen LogP contribution is 2.39. The van der Waals surface area contributed by atoms with Gasteiger partial charge in [-0.3, -0.25) is 19.3 Å². The van der Waals surface area contributed by atoms with Crippen LogP contribution in [0.5, 0.6) is 0 Å². The number of hydrogen-bond donors (Lipinski definition) is 3. The lowest BCUT2D eigenvalue weighted by Gasteiger charge is -2.44. The van der Waals surface area contributed by atoms with E-state index >= 15 is 0 Å². The number of ether oxygens (including phenoxy) is 5. The third kappa shape index (κ3) is 16.2. The minimum absolute atomic E-state index is 0.0236. The molecule has 4 aliphatic heterocycles. The van der Waals surface area contributed by atoms with E-state index in [9.17, 15) is 34.5 Å². The second kappa shape index (κ2) is 28.6.